The van der Waals surface area contributed by atoms with Crippen molar-refractivity contribution in [1.29, 1.82) is 0 Å². The molecule has 0 fully saturated rings. The van der Waals surface area contributed by atoms with Crippen LogP contribution in [0.3, 0.4) is 0 Å². The molecule has 0 radical (unpaired) electrons. The molecule has 0 saturated carbocycles. The van der Waals surface area contributed by atoms with Crippen molar-refractivity contribution in [3.8, 4) is 0 Å². The smallest absolute Gasteiger partial charge is 0.134 e. The molecular formula is C11H15FO. The van der Waals surface area contributed by atoms with Gasteiger partial charge in [-0.05, 0) is 24.6 Å². The SMILES string of the molecule is CC.CC(=O)Cc1ccc(F)cc1. The molecule has 1 aromatic rings. The van der Waals surface area contributed by atoms with Gasteiger partial charge in [0.1, 0.15) is 11.6 Å². The van der Waals surface area contributed by atoms with E-state index in [1.54, 1.807) is 12.1 Å². The van der Waals surface area contributed by atoms with Crippen LogP contribution in [0.4, 0.5) is 4.39 Å². The maximum atomic E-state index is 12.3. The van der Waals surface area contributed by atoms with Crippen molar-refractivity contribution in [3.05, 3.63) is 35.6 Å². The minimum atomic E-state index is -0.266. The van der Waals surface area contributed by atoms with E-state index in [1.807, 2.05) is 13.8 Å². The average molecular weight is 182 g/mol. The topological polar surface area (TPSA) is 17.1 Å². The lowest BCUT2D eigenvalue weighted by atomic mass is 10.1. The number of halogens is 1. The second-order valence-corrected chi connectivity index (χ2v) is 2.51. The van der Waals surface area contributed by atoms with Crippen LogP contribution >= 0.6 is 0 Å². The largest absolute Gasteiger partial charge is 0.300 e. The van der Waals surface area contributed by atoms with Crippen LogP contribution in [-0.4, -0.2) is 5.78 Å². The minimum Gasteiger partial charge on any atom is -0.300 e. The third kappa shape index (κ3) is 5.12. The highest BCUT2D eigenvalue weighted by molar-refractivity contribution is 5.78. The normalized spacial score (nSPS) is 8.62. The van der Waals surface area contributed by atoms with Crippen LogP contribution in [0.2, 0.25) is 0 Å². The van der Waals surface area contributed by atoms with Crippen molar-refractivity contribution < 1.29 is 9.18 Å². The molecule has 2 heteroatoms. The molecule has 0 unspecified atom stereocenters. The number of hydrogen-bond donors (Lipinski definition) is 0. The summed E-state index contributed by atoms with van der Waals surface area (Å²) in [6.45, 7) is 5.52. The number of ketones is 1. The molecule has 0 aromatic heterocycles. The van der Waals surface area contributed by atoms with Crippen molar-refractivity contribution in [1.82, 2.24) is 0 Å². The van der Waals surface area contributed by atoms with E-state index in [-0.39, 0.29) is 11.6 Å². The Morgan fingerprint density at radius 3 is 2.08 bits per heavy atom. The molecule has 0 N–H and O–H groups in total. The fourth-order valence-corrected chi connectivity index (χ4v) is 0.890. The van der Waals surface area contributed by atoms with Crippen LogP contribution in [0.25, 0.3) is 0 Å². The summed E-state index contributed by atoms with van der Waals surface area (Å²) in [7, 11) is 0. The van der Waals surface area contributed by atoms with Gasteiger partial charge in [-0.1, -0.05) is 26.0 Å². The summed E-state index contributed by atoms with van der Waals surface area (Å²) < 4.78 is 12.3. The van der Waals surface area contributed by atoms with Gasteiger partial charge in [0, 0.05) is 6.42 Å². The molecule has 0 aliphatic heterocycles. The van der Waals surface area contributed by atoms with E-state index in [0.717, 1.165) is 5.56 Å². The lowest BCUT2D eigenvalue weighted by molar-refractivity contribution is -0.116. The van der Waals surface area contributed by atoms with Crippen LogP contribution in [0.1, 0.15) is 26.3 Å². The molecule has 72 valence electrons. The van der Waals surface area contributed by atoms with Gasteiger partial charge in [0.15, 0.2) is 0 Å². The van der Waals surface area contributed by atoms with Gasteiger partial charge in [0.2, 0.25) is 0 Å². The Morgan fingerprint density at radius 1 is 1.23 bits per heavy atom. The Hall–Kier alpha value is -1.18. The molecule has 0 aliphatic carbocycles. The first-order valence-electron chi connectivity index (χ1n) is 4.42. The molecule has 0 saturated heterocycles. The molecule has 1 nitrogen and oxygen atoms in total. The highest BCUT2D eigenvalue weighted by atomic mass is 19.1. The molecule has 0 spiro atoms. The van der Waals surface area contributed by atoms with Crippen LogP contribution in [0, 0.1) is 5.82 Å². The van der Waals surface area contributed by atoms with Gasteiger partial charge in [-0.15, -0.1) is 0 Å². The van der Waals surface area contributed by atoms with Crippen molar-refractivity contribution in [3.63, 3.8) is 0 Å². The van der Waals surface area contributed by atoms with Gasteiger partial charge in [-0.2, -0.15) is 0 Å². The summed E-state index contributed by atoms with van der Waals surface area (Å²) in [4.78, 5) is 10.6. The predicted molar refractivity (Wildman–Crippen MR) is 52.1 cm³/mol. The maximum absolute atomic E-state index is 12.3. The second-order valence-electron chi connectivity index (χ2n) is 2.51. The van der Waals surface area contributed by atoms with E-state index >= 15 is 0 Å². The minimum absolute atomic E-state index is 0.0941. The van der Waals surface area contributed by atoms with E-state index in [2.05, 4.69) is 0 Å². The van der Waals surface area contributed by atoms with E-state index in [9.17, 15) is 9.18 Å². The summed E-state index contributed by atoms with van der Waals surface area (Å²) in [5.41, 5.74) is 0.860. The number of carbonyl (C=O) groups is 1. The highest BCUT2D eigenvalue weighted by Gasteiger charge is 1.96. The molecule has 0 bridgehead atoms. The number of benzene rings is 1. The average Bonchev–Trinajstić information content (AvgIpc) is 2.12. The molecule has 1 rings (SSSR count). The van der Waals surface area contributed by atoms with E-state index < -0.39 is 0 Å². The van der Waals surface area contributed by atoms with Crippen LogP contribution in [0.5, 0.6) is 0 Å². The van der Waals surface area contributed by atoms with E-state index in [1.165, 1.54) is 19.1 Å². The molecular weight excluding hydrogens is 167 g/mol. The standard InChI is InChI=1S/C9H9FO.C2H6/c1-7(11)6-8-2-4-9(10)5-3-8;1-2/h2-5H,6H2,1H3;1-2H3. The summed E-state index contributed by atoms with van der Waals surface area (Å²) in [5, 5.41) is 0. The second kappa shape index (κ2) is 6.35. The third-order valence-corrected chi connectivity index (χ3v) is 1.37. The monoisotopic (exact) mass is 182 g/mol. The summed E-state index contributed by atoms with van der Waals surface area (Å²) in [6.07, 6.45) is 0.389. The number of carbonyl (C=O) groups excluding carboxylic acids is 1. The van der Waals surface area contributed by atoms with Gasteiger partial charge in [0.05, 0.1) is 0 Å². The van der Waals surface area contributed by atoms with Crippen LogP contribution in [0.15, 0.2) is 24.3 Å². The lowest BCUT2D eigenvalue weighted by Crippen LogP contribution is -1.95. The summed E-state index contributed by atoms with van der Waals surface area (Å²) >= 11 is 0. The fraction of sp³-hybridized carbons (Fsp3) is 0.364. The molecule has 1 aromatic carbocycles. The number of hydrogen-bond acceptors (Lipinski definition) is 1. The number of rotatable bonds is 2. The Morgan fingerprint density at radius 2 is 1.69 bits per heavy atom. The summed E-state index contributed by atoms with van der Waals surface area (Å²) in [6, 6.07) is 5.96. The zero-order chi connectivity index (χ0) is 10.3. The molecule has 13 heavy (non-hydrogen) atoms. The van der Waals surface area contributed by atoms with Crippen molar-refractivity contribution >= 4 is 5.78 Å². The fourth-order valence-electron chi connectivity index (χ4n) is 0.890. The van der Waals surface area contributed by atoms with Gasteiger partial charge < -0.3 is 0 Å². The predicted octanol–water partition coefficient (Wildman–Crippen LogP) is 2.98. The van der Waals surface area contributed by atoms with Crippen molar-refractivity contribution in [2.75, 3.05) is 0 Å². The van der Waals surface area contributed by atoms with Gasteiger partial charge in [-0.3, -0.25) is 4.79 Å². The van der Waals surface area contributed by atoms with Crippen molar-refractivity contribution in [2.24, 2.45) is 0 Å². The molecule has 0 aliphatic rings. The van der Waals surface area contributed by atoms with Crippen LogP contribution in [-0.2, 0) is 11.2 Å². The Labute approximate surface area is 78.6 Å². The molecule has 0 amide bonds. The first-order chi connectivity index (χ1) is 6.18. The maximum Gasteiger partial charge on any atom is 0.134 e. The van der Waals surface area contributed by atoms with Crippen LogP contribution < -0.4 is 0 Å². The van der Waals surface area contributed by atoms with Gasteiger partial charge in [-0.25, -0.2) is 4.39 Å². The summed E-state index contributed by atoms with van der Waals surface area (Å²) in [5.74, 6) is -0.172. The Balaban J connectivity index is 0.000000671. The van der Waals surface area contributed by atoms with E-state index in [0.29, 0.717) is 6.42 Å². The lowest BCUT2D eigenvalue weighted by Gasteiger charge is -1.95. The number of Topliss-reactive ketones (excluding diaryl/α,β-unsaturated/α-hetero) is 1. The van der Waals surface area contributed by atoms with Gasteiger partial charge >= 0.3 is 0 Å². The first kappa shape index (κ1) is 11.8. The molecule has 0 atom stereocenters. The molecule has 0 heterocycles. The van der Waals surface area contributed by atoms with Crippen molar-refractivity contribution in [2.45, 2.75) is 27.2 Å². The van der Waals surface area contributed by atoms with Gasteiger partial charge in [0.25, 0.3) is 0 Å². The van der Waals surface area contributed by atoms with E-state index in [4.69, 9.17) is 0 Å². The zero-order valence-electron chi connectivity index (χ0n) is 8.30. The Bertz CT molecular complexity index is 251. The third-order valence-electron chi connectivity index (χ3n) is 1.37. The Kier molecular flexibility index (Phi) is 5.77. The quantitative estimate of drug-likeness (QED) is 0.687. The highest BCUT2D eigenvalue weighted by Crippen LogP contribution is 2.03. The zero-order valence-corrected chi connectivity index (χ0v) is 8.30. The first-order valence-corrected chi connectivity index (χ1v) is 4.42.